The Balaban J connectivity index is 4.32. The van der Waals surface area contributed by atoms with Gasteiger partial charge in [-0.25, -0.2) is 4.57 Å². The zero-order valence-electron chi connectivity index (χ0n) is 26.6. The number of aliphatic carboxylic acids is 1. The molecule has 0 fully saturated rings. The zero-order chi connectivity index (χ0) is 31.3. The van der Waals surface area contributed by atoms with E-state index in [1.54, 1.807) is 0 Å². The summed E-state index contributed by atoms with van der Waals surface area (Å²) < 4.78 is 33.0. The van der Waals surface area contributed by atoms with Crippen molar-refractivity contribution in [2.45, 2.75) is 161 Å². The minimum absolute atomic E-state index is 0.0237. The Bertz CT molecular complexity index is 695. The molecule has 0 aromatic carbocycles. The smallest absolute Gasteiger partial charge is 0.472 e. The number of hydrogen-bond donors (Lipinski definition) is 3. The van der Waals surface area contributed by atoms with Crippen molar-refractivity contribution in [1.82, 2.24) is 0 Å². The zero-order valence-corrected chi connectivity index (χ0v) is 27.5. The summed E-state index contributed by atoms with van der Waals surface area (Å²) in [6, 6.07) is -1.46. The molecule has 250 valence electrons. The molecule has 0 spiro atoms. The number of unbranched alkanes of at least 4 members (excludes halogenated alkanes) is 18. The van der Waals surface area contributed by atoms with Crippen LogP contribution in [0.5, 0.6) is 0 Å². The minimum Gasteiger partial charge on any atom is -0.480 e. The van der Waals surface area contributed by atoms with E-state index in [0.29, 0.717) is 13.0 Å². The van der Waals surface area contributed by atoms with Crippen LogP contribution in [0.3, 0.4) is 0 Å². The predicted octanol–water partition coefficient (Wildman–Crippen LogP) is 7.69. The van der Waals surface area contributed by atoms with E-state index in [1.807, 2.05) is 0 Å². The summed E-state index contributed by atoms with van der Waals surface area (Å²) in [5.41, 5.74) is 5.31. The van der Waals surface area contributed by atoms with E-state index in [0.717, 1.165) is 38.5 Å². The summed E-state index contributed by atoms with van der Waals surface area (Å²) in [6.07, 6.45) is 23.1. The second kappa shape index (κ2) is 28.7. The van der Waals surface area contributed by atoms with Gasteiger partial charge in [0.2, 0.25) is 0 Å². The van der Waals surface area contributed by atoms with Gasteiger partial charge in [0.05, 0.1) is 19.8 Å². The van der Waals surface area contributed by atoms with Gasteiger partial charge in [0.15, 0.2) is 0 Å². The maximum atomic E-state index is 12.4. The standard InChI is InChI=1S/C31H62NO9P/c1-3-5-7-9-11-13-14-15-16-18-20-22-24-38-25-28(26-39-42(36,37)40-27-29(32)31(34)35)41-30(33)23-21-19-17-12-10-8-6-4-2/h28-29H,3-27,32H2,1-2H3,(H,34,35)(H,36,37)/t28-,29+/m1/s1. The number of ether oxygens (including phenoxy) is 2. The van der Waals surface area contributed by atoms with E-state index >= 15 is 0 Å². The molecule has 0 aliphatic carbocycles. The first-order valence-electron chi connectivity index (χ1n) is 16.6. The Morgan fingerprint density at radius 2 is 1.10 bits per heavy atom. The number of phosphoric ester groups is 1. The SMILES string of the molecule is CCCCCCCCCCCCCCOC[C@H](COP(=O)(O)OC[C@H](N)C(=O)O)OC(=O)CCCCCCCCCC. The van der Waals surface area contributed by atoms with E-state index in [4.69, 9.17) is 24.8 Å². The minimum atomic E-state index is -4.59. The van der Waals surface area contributed by atoms with Crippen LogP contribution in [0, 0.1) is 0 Å². The third kappa shape index (κ3) is 27.8. The van der Waals surface area contributed by atoms with E-state index in [9.17, 15) is 19.0 Å². The van der Waals surface area contributed by atoms with Gasteiger partial charge in [-0.05, 0) is 12.8 Å². The Kier molecular flexibility index (Phi) is 28.0. The number of carbonyl (C=O) groups excluding carboxylic acids is 1. The Labute approximate surface area is 255 Å². The monoisotopic (exact) mass is 623 g/mol. The Morgan fingerprint density at radius 1 is 0.667 bits per heavy atom. The van der Waals surface area contributed by atoms with Gasteiger partial charge in [-0.3, -0.25) is 18.6 Å². The number of phosphoric acid groups is 1. The average Bonchev–Trinajstić information content (AvgIpc) is 2.96. The van der Waals surface area contributed by atoms with Gasteiger partial charge in [-0.15, -0.1) is 0 Å². The summed E-state index contributed by atoms with van der Waals surface area (Å²) in [4.78, 5) is 33.1. The molecule has 0 saturated heterocycles. The van der Waals surface area contributed by atoms with Gasteiger partial charge in [0.1, 0.15) is 12.1 Å². The number of hydrogen-bond acceptors (Lipinski definition) is 8. The lowest BCUT2D eigenvalue weighted by molar-refractivity contribution is -0.154. The van der Waals surface area contributed by atoms with Crippen molar-refractivity contribution in [3.63, 3.8) is 0 Å². The van der Waals surface area contributed by atoms with Crippen LogP contribution < -0.4 is 5.73 Å². The normalized spacial score (nSPS) is 14.4. The van der Waals surface area contributed by atoms with E-state index < -0.39 is 45.1 Å². The molecule has 10 nitrogen and oxygen atoms in total. The molecule has 3 atom stereocenters. The first-order chi connectivity index (χ1) is 20.2. The van der Waals surface area contributed by atoms with Crippen LogP contribution in [0.2, 0.25) is 0 Å². The molecular formula is C31H62NO9P. The molecule has 0 aromatic heterocycles. The summed E-state index contributed by atoms with van der Waals surface area (Å²) >= 11 is 0. The van der Waals surface area contributed by atoms with E-state index in [-0.39, 0.29) is 13.0 Å². The van der Waals surface area contributed by atoms with Gasteiger partial charge in [0, 0.05) is 13.0 Å². The second-order valence-electron chi connectivity index (χ2n) is 11.3. The van der Waals surface area contributed by atoms with Gasteiger partial charge < -0.3 is 25.2 Å². The lowest BCUT2D eigenvalue weighted by atomic mass is 10.1. The predicted molar refractivity (Wildman–Crippen MR) is 166 cm³/mol. The van der Waals surface area contributed by atoms with Crippen LogP contribution in [-0.2, 0) is 32.7 Å². The van der Waals surface area contributed by atoms with Gasteiger partial charge in [-0.2, -0.15) is 0 Å². The van der Waals surface area contributed by atoms with Crippen LogP contribution in [0.15, 0.2) is 0 Å². The molecule has 4 N–H and O–H groups in total. The fourth-order valence-electron chi connectivity index (χ4n) is 4.48. The highest BCUT2D eigenvalue weighted by Crippen LogP contribution is 2.43. The number of nitrogens with two attached hydrogens (primary N) is 1. The van der Waals surface area contributed by atoms with Crippen LogP contribution in [-0.4, -0.2) is 60.5 Å². The molecule has 0 amide bonds. The fraction of sp³-hybridized carbons (Fsp3) is 0.935. The molecule has 0 heterocycles. The molecule has 0 radical (unpaired) electrons. The molecule has 0 bridgehead atoms. The number of esters is 1. The van der Waals surface area contributed by atoms with Crippen LogP contribution in [0.25, 0.3) is 0 Å². The number of rotatable bonds is 32. The summed E-state index contributed by atoms with van der Waals surface area (Å²) in [5.74, 6) is -1.78. The molecule has 0 aliphatic heterocycles. The lowest BCUT2D eigenvalue weighted by Gasteiger charge is -2.20. The molecule has 0 aliphatic rings. The van der Waals surface area contributed by atoms with Gasteiger partial charge in [0.25, 0.3) is 0 Å². The fourth-order valence-corrected chi connectivity index (χ4v) is 5.26. The van der Waals surface area contributed by atoms with E-state index in [2.05, 4.69) is 18.4 Å². The Hall–Kier alpha value is -1.03. The summed E-state index contributed by atoms with van der Waals surface area (Å²) in [7, 11) is -4.59. The van der Waals surface area contributed by atoms with Crippen LogP contribution in [0.4, 0.5) is 0 Å². The lowest BCUT2D eigenvalue weighted by Crippen LogP contribution is -2.34. The number of carbonyl (C=O) groups is 2. The van der Waals surface area contributed by atoms with Crippen molar-refractivity contribution in [2.75, 3.05) is 26.4 Å². The molecule has 1 unspecified atom stereocenters. The van der Waals surface area contributed by atoms with Crippen molar-refractivity contribution in [3.05, 3.63) is 0 Å². The maximum Gasteiger partial charge on any atom is 0.472 e. The topological polar surface area (TPSA) is 155 Å². The third-order valence-corrected chi connectivity index (χ3v) is 8.09. The van der Waals surface area contributed by atoms with Crippen molar-refractivity contribution in [3.8, 4) is 0 Å². The molecular weight excluding hydrogens is 561 g/mol. The van der Waals surface area contributed by atoms with Gasteiger partial charge >= 0.3 is 19.8 Å². The maximum absolute atomic E-state index is 12.4. The molecule has 0 rings (SSSR count). The largest absolute Gasteiger partial charge is 0.480 e. The molecule has 11 heteroatoms. The van der Waals surface area contributed by atoms with Gasteiger partial charge in [-0.1, -0.05) is 129 Å². The second-order valence-corrected chi connectivity index (χ2v) is 12.8. The number of carboxylic acid groups (broad SMARTS) is 1. The molecule has 0 saturated carbocycles. The quantitative estimate of drug-likeness (QED) is 0.0386. The highest BCUT2D eigenvalue weighted by molar-refractivity contribution is 7.47. The van der Waals surface area contributed by atoms with Crippen molar-refractivity contribution in [1.29, 1.82) is 0 Å². The summed E-state index contributed by atoms with van der Waals surface area (Å²) in [6.45, 7) is 3.83. The van der Waals surface area contributed by atoms with Crippen LogP contribution in [0.1, 0.15) is 149 Å². The van der Waals surface area contributed by atoms with Crippen LogP contribution >= 0.6 is 7.82 Å². The summed E-state index contributed by atoms with van der Waals surface area (Å²) in [5, 5.41) is 8.81. The third-order valence-electron chi connectivity index (χ3n) is 7.14. The van der Waals surface area contributed by atoms with Crippen molar-refractivity contribution in [2.24, 2.45) is 5.73 Å². The van der Waals surface area contributed by atoms with Crippen molar-refractivity contribution >= 4 is 19.8 Å². The van der Waals surface area contributed by atoms with Crippen molar-refractivity contribution < 1.29 is 42.7 Å². The van der Waals surface area contributed by atoms with E-state index in [1.165, 1.54) is 83.5 Å². The first kappa shape index (κ1) is 41.0. The first-order valence-corrected chi connectivity index (χ1v) is 18.1. The Morgan fingerprint density at radius 3 is 1.57 bits per heavy atom. The molecule has 42 heavy (non-hydrogen) atoms. The number of carboxylic acids is 1. The highest BCUT2D eigenvalue weighted by atomic mass is 31.2. The average molecular weight is 624 g/mol. The molecule has 0 aromatic rings. The highest BCUT2D eigenvalue weighted by Gasteiger charge is 2.27.